The Morgan fingerprint density at radius 2 is 2.11 bits per heavy atom. The van der Waals surface area contributed by atoms with E-state index in [-0.39, 0.29) is 42.2 Å². The highest BCUT2D eigenvalue weighted by molar-refractivity contribution is 6.00. The van der Waals surface area contributed by atoms with E-state index < -0.39 is 5.97 Å². The second kappa shape index (κ2) is 4.94. The van der Waals surface area contributed by atoms with Crippen LogP contribution in [0, 0.1) is 11.8 Å². The molecular formula is C13H19NO5. The lowest BCUT2D eigenvalue weighted by atomic mass is 9.78. The third kappa shape index (κ3) is 1.78. The van der Waals surface area contributed by atoms with Crippen LogP contribution in [0.4, 0.5) is 0 Å². The Hall–Kier alpha value is -1.40. The Kier molecular flexibility index (Phi) is 3.64. The molecule has 3 unspecified atom stereocenters. The van der Waals surface area contributed by atoms with E-state index in [1.54, 1.807) is 7.11 Å². The minimum Gasteiger partial charge on any atom is -0.464 e. The van der Waals surface area contributed by atoms with E-state index in [0.29, 0.717) is 5.57 Å². The fourth-order valence-electron chi connectivity index (χ4n) is 3.07. The molecule has 106 valence electrons. The van der Waals surface area contributed by atoms with Crippen LogP contribution in [0.3, 0.4) is 0 Å². The number of fused-ring (bicyclic) bond motifs is 1. The maximum Gasteiger partial charge on any atom is 0.354 e. The maximum atomic E-state index is 12.2. The molecule has 2 aliphatic heterocycles. The topological polar surface area (TPSA) is 76.1 Å². The Bertz CT molecular complexity index is 444. The third-order valence-corrected chi connectivity index (χ3v) is 4.22. The molecule has 1 N–H and O–H groups in total. The number of carbonyl (C=O) groups is 2. The molecule has 0 aromatic rings. The summed E-state index contributed by atoms with van der Waals surface area (Å²) in [7, 11) is 2.82. The lowest BCUT2D eigenvalue weighted by molar-refractivity contribution is -0.165. The number of rotatable bonds is 4. The van der Waals surface area contributed by atoms with Crippen molar-refractivity contribution in [3.8, 4) is 0 Å². The average Bonchev–Trinajstić information content (AvgIpc) is 2.66. The molecule has 0 aromatic heterocycles. The first-order valence-corrected chi connectivity index (χ1v) is 6.27. The summed E-state index contributed by atoms with van der Waals surface area (Å²) in [5.41, 5.74) is 0.767. The van der Waals surface area contributed by atoms with Crippen LogP contribution in [0.1, 0.15) is 13.8 Å². The predicted molar refractivity (Wildman–Crippen MR) is 65.9 cm³/mol. The molecule has 6 heteroatoms. The number of β-lactam (4-membered cyclic amide) rings is 1. The zero-order chi connectivity index (χ0) is 14.3. The van der Waals surface area contributed by atoms with Gasteiger partial charge in [-0.25, -0.2) is 4.79 Å². The molecule has 2 aliphatic rings. The van der Waals surface area contributed by atoms with Gasteiger partial charge in [0.05, 0.1) is 31.8 Å². The Labute approximate surface area is 112 Å². The molecule has 0 aromatic carbocycles. The van der Waals surface area contributed by atoms with Crippen molar-refractivity contribution >= 4 is 11.9 Å². The van der Waals surface area contributed by atoms with Crippen LogP contribution in [0.25, 0.3) is 0 Å². The van der Waals surface area contributed by atoms with Crippen LogP contribution in [-0.4, -0.2) is 54.9 Å². The molecule has 0 saturated carbocycles. The second-order valence-corrected chi connectivity index (χ2v) is 4.98. The van der Waals surface area contributed by atoms with Crippen molar-refractivity contribution in [1.82, 2.24) is 4.90 Å². The zero-order valence-electron chi connectivity index (χ0n) is 11.5. The number of aliphatic hydroxyl groups excluding tert-OH is 1. The highest BCUT2D eigenvalue weighted by Crippen LogP contribution is 2.47. The molecule has 2 heterocycles. The molecule has 1 amide bonds. The number of hydrogen-bond acceptors (Lipinski definition) is 5. The van der Waals surface area contributed by atoms with E-state index in [1.165, 1.54) is 12.0 Å². The van der Waals surface area contributed by atoms with Gasteiger partial charge in [0, 0.05) is 13.0 Å². The normalized spacial score (nSPS) is 31.1. The smallest absolute Gasteiger partial charge is 0.354 e. The van der Waals surface area contributed by atoms with Crippen LogP contribution < -0.4 is 0 Å². The molecule has 0 spiro atoms. The largest absolute Gasteiger partial charge is 0.464 e. The minimum absolute atomic E-state index is 0.0700. The van der Waals surface area contributed by atoms with Crippen LogP contribution in [-0.2, 0) is 19.1 Å². The molecule has 6 nitrogen and oxygen atoms in total. The second-order valence-electron chi connectivity index (χ2n) is 4.98. The molecule has 19 heavy (non-hydrogen) atoms. The summed E-state index contributed by atoms with van der Waals surface area (Å²) in [5, 5.41) is 9.45. The van der Waals surface area contributed by atoms with Crippen molar-refractivity contribution in [3.63, 3.8) is 0 Å². The molecule has 0 bridgehead atoms. The Morgan fingerprint density at radius 3 is 2.58 bits per heavy atom. The zero-order valence-corrected chi connectivity index (χ0v) is 11.5. The van der Waals surface area contributed by atoms with Crippen molar-refractivity contribution in [3.05, 3.63) is 11.3 Å². The van der Waals surface area contributed by atoms with Gasteiger partial charge in [-0.1, -0.05) is 6.92 Å². The van der Waals surface area contributed by atoms with Gasteiger partial charge in [0.25, 0.3) is 0 Å². The quantitative estimate of drug-likeness (QED) is 0.570. The lowest BCUT2D eigenvalue weighted by Crippen LogP contribution is -2.63. The highest BCUT2D eigenvalue weighted by Gasteiger charge is 2.60. The molecule has 2 rings (SSSR count). The summed E-state index contributed by atoms with van der Waals surface area (Å²) in [6.07, 6.45) is -0.215. The molecular weight excluding hydrogens is 250 g/mol. The number of nitrogens with zero attached hydrogens (tertiary/aromatic N) is 1. The monoisotopic (exact) mass is 269 g/mol. The van der Waals surface area contributed by atoms with Gasteiger partial charge in [0.2, 0.25) is 5.91 Å². The number of methoxy groups -OCH3 is 2. The van der Waals surface area contributed by atoms with E-state index >= 15 is 0 Å². The van der Waals surface area contributed by atoms with Crippen LogP contribution in [0.2, 0.25) is 0 Å². The SMILES string of the molecule is COC(=O)C1=C(CO)[C@H](C)C2C(C(C)OC)C(=O)N12. The number of aliphatic hydroxyl groups is 1. The molecule has 4 atom stereocenters. The lowest BCUT2D eigenvalue weighted by Gasteiger charge is -2.47. The van der Waals surface area contributed by atoms with Gasteiger partial charge in [0.15, 0.2) is 0 Å². The predicted octanol–water partition coefficient (Wildman–Crippen LogP) is -0.0826. The number of carbonyl (C=O) groups excluding carboxylic acids is 2. The number of esters is 1. The van der Waals surface area contributed by atoms with Gasteiger partial charge in [-0.3, -0.25) is 4.79 Å². The number of hydrogen-bond donors (Lipinski definition) is 1. The van der Waals surface area contributed by atoms with Crippen molar-refractivity contribution < 1.29 is 24.2 Å². The van der Waals surface area contributed by atoms with E-state index in [2.05, 4.69) is 0 Å². The number of ether oxygens (including phenoxy) is 2. The van der Waals surface area contributed by atoms with E-state index in [0.717, 1.165) is 0 Å². The summed E-state index contributed by atoms with van der Waals surface area (Å²) >= 11 is 0. The first kappa shape index (κ1) is 14.0. The van der Waals surface area contributed by atoms with Gasteiger partial charge in [0.1, 0.15) is 5.70 Å². The van der Waals surface area contributed by atoms with Gasteiger partial charge in [-0.2, -0.15) is 0 Å². The van der Waals surface area contributed by atoms with E-state index in [9.17, 15) is 14.7 Å². The molecule has 0 radical (unpaired) electrons. The standard InChI is InChI=1S/C13H19NO5/c1-6-8(5-15)11(13(17)19-4)14-10(6)9(12(14)16)7(2)18-3/h6-7,9-10,15H,5H2,1-4H3/t6-,7?,9?,10?/m0/s1. The fourth-order valence-corrected chi connectivity index (χ4v) is 3.07. The van der Waals surface area contributed by atoms with Gasteiger partial charge < -0.3 is 19.5 Å². The van der Waals surface area contributed by atoms with Crippen LogP contribution in [0.15, 0.2) is 11.3 Å². The van der Waals surface area contributed by atoms with E-state index in [4.69, 9.17) is 9.47 Å². The van der Waals surface area contributed by atoms with Crippen molar-refractivity contribution in [1.29, 1.82) is 0 Å². The minimum atomic E-state index is -0.574. The van der Waals surface area contributed by atoms with Crippen molar-refractivity contribution in [2.75, 3.05) is 20.8 Å². The van der Waals surface area contributed by atoms with Crippen molar-refractivity contribution in [2.24, 2.45) is 11.8 Å². The average molecular weight is 269 g/mol. The molecule has 1 saturated heterocycles. The van der Waals surface area contributed by atoms with Crippen molar-refractivity contribution in [2.45, 2.75) is 26.0 Å². The molecule has 1 fully saturated rings. The summed E-state index contributed by atoms with van der Waals surface area (Å²) < 4.78 is 9.93. The first-order valence-electron chi connectivity index (χ1n) is 6.27. The summed E-state index contributed by atoms with van der Waals surface area (Å²) in [6, 6.07) is -0.126. The van der Waals surface area contributed by atoms with Crippen LogP contribution >= 0.6 is 0 Å². The highest BCUT2D eigenvalue weighted by atomic mass is 16.5. The summed E-state index contributed by atoms with van der Waals surface area (Å²) in [6.45, 7) is 3.49. The summed E-state index contributed by atoms with van der Waals surface area (Å²) in [5.74, 6) is -1.06. The fraction of sp³-hybridized carbons (Fsp3) is 0.692. The number of amides is 1. The molecule has 0 aliphatic carbocycles. The van der Waals surface area contributed by atoms with Gasteiger partial charge >= 0.3 is 5.97 Å². The van der Waals surface area contributed by atoms with Gasteiger partial charge in [-0.05, 0) is 12.5 Å². The first-order chi connectivity index (χ1) is 8.99. The Balaban J connectivity index is 2.35. The Morgan fingerprint density at radius 1 is 1.47 bits per heavy atom. The summed E-state index contributed by atoms with van der Waals surface area (Å²) in [4.78, 5) is 25.4. The third-order valence-electron chi connectivity index (χ3n) is 4.22. The van der Waals surface area contributed by atoms with Crippen LogP contribution in [0.5, 0.6) is 0 Å². The maximum absolute atomic E-state index is 12.2. The van der Waals surface area contributed by atoms with Gasteiger partial charge in [-0.15, -0.1) is 0 Å². The van der Waals surface area contributed by atoms with E-state index in [1.807, 2.05) is 13.8 Å².